The van der Waals surface area contributed by atoms with Gasteiger partial charge in [0.15, 0.2) is 0 Å². The molecular formula is C54H41N5Pt. The molecular weight excluding hydrogens is 914 g/mol. The molecule has 7 aromatic carbocycles. The SMILES string of the molecule is CC(C)c1cc(-c2nc3c(-c4[c-]c5c(cc4)c4ccccc4n5-c4ccccn4)cccc3n2-c2ccccc2)c2[n-]c3cc(-c4ccccc4)ccc3c2c1C(C)C.[Pt+2]. The summed E-state index contributed by atoms with van der Waals surface area (Å²) in [5.41, 5.74) is 15.1. The molecule has 292 valence electrons. The second kappa shape index (κ2) is 14.9. The summed E-state index contributed by atoms with van der Waals surface area (Å²) in [6.45, 7) is 9.22. The molecule has 0 radical (unpaired) electrons. The van der Waals surface area contributed by atoms with Crippen molar-refractivity contribution in [3.05, 3.63) is 181 Å². The average Bonchev–Trinajstić information content (AvgIpc) is 3.96. The predicted molar refractivity (Wildman–Crippen MR) is 245 cm³/mol. The van der Waals surface area contributed by atoms with E-state index in [0.29, 0.717) is 11.8 Å². The second-order valence-electron chi connectivity index (χ2n) is 16.1. The Morgan fingerprint density at radius 2 is 1.32 bits per heavy atom. The number of aromatic nitrogens is 5. The molecule has 0 atom stereocenters. The summed E-state index contributed by atoms with van der Waals surface area (Å²) in [5, 5.41) is 4.71. The van der Waals surface area contributed by atoms with Crippen molar-refractivity contribution >= 4 is 54.6 Å². The third-order valence-electron chi connectivity index (χ3n) is 11.9. The van der Waals surface area contributed by atoms with Crippen molar-refractivity contribution in [3.8, 4) is 45.1 Å². The van der Waals surface area contributed by atoms with Crippen molar-refractivity contribution in [2.75, 3.05) is 0 Å². The molecule has 0 fully saturated rings. The largest absolute Gasteiger partial charge is 2.00 e. The monoisotopic (exact) mass is 954 g/mol. The van der Waals surface area contributed by atoms with Crippen LogP contribution in [0.3, 0.4) is 0 Å². The Kier molecular flexibility index (Phi) is 9.38. The van der Waals surface area contributed by atoms with Gasteiger partial charge in [0.2, 0.25) is 0 Å². The van der Waals surface area contributed by atoms with Crippen LogP contribution in [0, 0.1) is 6.07 Å². The molecule has 0 unspecified atom stereocenters. The first kappa shape index (κ1) is 37.7. The van der Waals surface area contributed by atoms with Gasteiger partial charge in [0.05, 0.1) is 11.0 Å². The molecule has 0 spiro atoms. The molecule has 4 aromatic heterocycles. The molecule has 0 saturated carbocycles. The van der Waals surface area contributed by atoms with Crippen LogP contribution >= 0.6 is 0 Å². The van der Waals surface area contributed by atoms with E-state index >= 15 is 0 Å². The van der Waals surface area contributed by atoms with E-state index in [1.807, 2.05) is 18.3 Å². The van der Waals surface area contributed by atoms with Crippen LogP contribution in [-0.2, 0) is 21.1 Å². The van der Waals surface area contributed by atoms with Crippen molar-refractivity contribution in [3.63, 3.8) is 0 Å². The van der Waals surface area contributed by atoms with Gasteiger partial charge < -0.3 is 9.55 Å². The van der Waals surface area contributed by atoms with Crippen molar-refractivity contribution in [1.82, 2.24) is 24.1 Å². The molecule has 0 N–H and O–H groups in total. The summed E-state index contributed by atoms with van der Waals surface area (Å²) in [6, 6.07) is 59.7. The van der Waals surface area contributed by atoms with E-state index in [2.05, 4.69) is 188 Å². The smallest absolute Gasteiger partial charge is 0.656 e. The van der Waals surface area contributed by atoms with E-state index < -0.39 is 0 Å². The van der Waals surface area contributed by atoms with Gasteiger partial charge in [-0.25, -0.2) is 9.97 Å². The minimum absolute atomic E-state index is 0. The van der Waals surface area contributed by atoms with Crippen LogP contribution < -0.4 is 4.98 Å². The quantitative estimate of drug-likeness (QED) is 0.150. The maximum absolute atomic E-state index is 5.68. The number of hydrogen-bond donors (Lipinski definition) is 0. The fourth-order valence-electron chi connectivity index (χ4n) is 9.24. The third-order valence-corrected chi connectivity index (χ3v) is 11.9. The molecule has 0 aliphatic carbocycles. The Labute approximate surface area is 363 Å². The van der Waals surface area contributed by atoms with E-state index in [9.17, 15) is 0 Å². The van der Waals surface area contributed by atoms with Crippen LogP contribution in [-0.4, -0.2) is 19.1 Å². The molecule has 6 heteroatoms. The molecule has 5 nitrogen and oxygen atoms in total. The van der Waals surface area contributed by atoms with E-state index in [-0.39, 0.29) is 21.1 Å². The van der Waals surface area contributed by atoms with E-state index in [4.69, 9.17) is 15.0 Å². The summed E-state index contributed by atoms with van der Waals surface area (Å²) in [4.78, 5) is 16.0. The fourth-order valence-corrected chi connectivity index (χ4v) is 9.24. The maximum atomic E-state index is 5.68. The van der Waals surface area contributed by atoms with E-state index in [1.165, 1.54) is 32.8 Å². The first-order valence-corrected chi connectivity index (χ1v) is 20.5. The molecule has 4 heterocycles. The average molecular weight is 955 g/mol. The zero-order valence-electron chi connectivity index (χ0n) is 33.8. The molecule has 11 rings (SSSR count). The van der Waals surface area contributed by atoms with Gasteiger partial charge in [-0.3, -0.25) is 4.57 Å². The summed E-state index contributed by atoms with van der Waals surface area (Å²) in [6.07, 6.45) is 1.85. The Balaban J connectivity index is 0.00000433. The van der Waals surface area contributed by atoms with Gasteiger partial charge in [-0.2, -0.15) is 0 Å². The molecule has 0 saturated heterocycles. The maximum Gasteiger partial charge on any atom is 2.00 e. The number of fused-ring (bicyclic) bond motifs is 7. The number of imidazole rings is 1. The molecule has 0 amide bonds. The molecule has 60 heavy (non-hydrogen) atoms. The number of rotatable bonds is 7. The summed E-state index contributed by atoms with van der Waals surface area (Å²) in [7, 11) is 0. The summed E-state index contributed by atoms with van der Waals surface area (Å²) in [5.74, 6) is 2.33. The van der Waals surface area contributed by atoms with Crippen molar-refractivity contribution in [2.45, 2.75) is 39.5 Å². The van der Waals surface area contributed by atoms with Gasteiger partial charge in [-0.1, -0.05) is 142 Å². The Morgan fingerprint density at radius 1 is 0.583 bits per heavy atom. The van der Waals surface area contributed by atoms with Crippen LogP contribution in [0.5, 0.6) is 0 Å². The number of nitrogens with zero attached hydrogens (tertiary/aromatic N) is 5. The number of benzene rings is 7. The molecule has 0 bridgehead atoms. The molecule has 0 aliphatic heterocycles. The first-order chi connectivity index (χ1) is 28.9. The summed E-state index contributed by atoms with van der Waals surface area (Å²) >= 11 is 0. The minimum Gasteiger partial charge on any atom is -0.656 e. The van der Waals surface area contributed by atoms with Crippen LogP contribution in [0.25, 0.3) is 99.8 Å². The summed E-state index contributed by atoms with van der Waals surface area (Å²) < 4.78 is 4.54. The van der Waals surface area contributed by atoms with Gasteiger partial charge in [0.25, 0.3) is 0 Å². The van der Waals surface area contributed by atoms with Gasteiger partial charge in [-0.15, -0.1) is 34.8 Å². The minimum atomic E-state index is 0. The van der Waals surface area contributed by atoms with Gasteiger partial charge in [0.1, 0.15) is 11.6 Å². The van der Waals surface area contributed by atoms with Gasteiger partial charge in [-0.05, 0) is 98.2 Å². The second-order valence-corrected chi connectivity index (χ2v) is 16.1. The van der Waals surface area contributed by atoms with Crippen LogP contribution in [0.4, 0.5) is 0 Å². The standard InChI is InChI=1S/C54H41N5.Pt/c1-33(2)43-32-44(53-51(50(43)34(3)4)42-28-25-36(30-45(42)56-53)35-16-7-5-8-17-35)54-57-52-39(21-15-23-47(52)58(54)38-18-9-6-10-19-38)37-26-27-41-40-20-11-12-22-46(40)59(48(41)31-37)49-24-13-14-29-55-49;/h5-30,32-34H,1-4H3;/q-2;+2. The van der Waals surface area contributed by atoms with Crippen molar-refractivity contribution < 1.29 is 21.1 Å². The molecule has 11 aromatic rings. The number of pyridine rings is 1. The Morgan fingerprint density at radius 3 is 2.08 bits per heavy atom. The van der Waals surface area contributed by atoms with Crippen molar-refractivity contribution in [2.24, 2.45) is 0 Å². The third kappa shape index (κ3) is 5.94. The first-order valence-electron chi connectivity index (χ1n) is 20.5. The molecule has 0 aliphatic rings. The zero-order chi connectivity index (χ0) is 39.8. The Bertz CT molecular complexity index is 3370. The van der Waals surface area contributed by atoms with E-state index in [0.717, 1.165) is 78.1 Å². The fraction of sp³-hybridized carbons (Fsp3) is 0.111. The van der Waals surface area contributed by atoms with Gasteiger partial charge in [0, 0.05) is 23.0 Å². The predicted octanol–water partition coefficient (Wildman–Crippen LogP) is 13.8. The van der Waals surface area contributed by atoms with Crippen molar-refractivity contribution in [1.29, 1.82) is 0 Å². The topological polar surface area (TPSA) is 49.7 Å². The number of hydrogen-bond acceptors (Lipinski definition) is 2. The zero-order valence-corrected chi connectivity index (χ0v) is 36.1. The van der Waals surface area contributed by atoms with Crippen LogP contribution in [0.2, 0.25) is 0 Å². The number of para-hydroxylation sites is 3. The normalized spacial score (nSPS) is 11.8. The Hall–Kier alpha value is -6.55. The van der Waals surface area contributed by atoms with Crippen LogP contribution in [0.15, 0.2) is 164 Å². The van der Waals surface area contributed by atoms with Crippen LogP contribution in [0.1, 0.15) is 50.7 Å². The van der Waals surface area contributed by atoms with Gasteiger partial charge >= 0.3 is 21.1 Å². The van der Waals surface area contributed by atoms with E-state index in [1.54, 1.807) is 0 Å².